The van der Waals surface area contributed by atoms with Crippen LogP contribution in [0.4, 0.5) is 18.9 Å². The smallest absolute Gasteiger partial charge is 0.416 e. The molecule has 1 N–H and O–H groups in total. The zero-order chi connectivity index (χ0) is 22.6. The number of rotatable bonds is 6. The van der Waals surface area contributed by atoms with E-state index in [9.17, 15) is 26.4 Å². The van der Waals surface area contributed by atoms with Crippen LogP contribution in [0.3, 0.4) is 0 Å². The van der Waals surface area contributed by atoms with Crippen molar-refractivity contribution in [1.29, 1.82) is 0 Å². The molecule has 0 bridgehead atoms. The molecule has 6 nitrogen and oxygen atoms in total. The number of nitrogens with one attached hydrogen (secondary N) is 1. The van der Waals surface area contributed by atoms with Crippen LogP contribution in [0.5, 0.6) is 5.75 Å². The second-order valence-corrected chi connectivity index (χ2v) is 9.32. The fourth-order valence-electron chi connectivity index (χ4n) is 3.13. The van der Waals surface area contributed by atoms with E-state index in [0.717, 1.165) is 31.4 Å². The number of alkyl halides is 3. The SMILES string of the molecule is O=C(COc1ccc(S(=O)(=O)N2CCCCC2)cc1Cl)Nc1cccc(C(F)(F)F)c1. The molecule has 1 heterocycles. The Kier molecular flexibility index (Phi) is 7.13. The number of hydrogen-bond acceptors (Lipinski definition) is 4. The highest BCUT2D eigenvalue weighted by atomic mass is 35.5. The number of nitrogens with zero attached hydrogens (tertiary/aromatic N) is 1. The fraction of sp³-hybridized carbons (Fsp3) is 0.350. The first-order valence-corrected chi connectivity index (χ1v) is 11.3. The highest BCUT2D eigenvalue weighted by Crippen LogP contribution is 2.31. The standard InChI is InChI=1S/C20H20ClF3N2O4S/c21-17-12-16(31(28,29)26-9-2-1-3-10-26)7-8-18(17)30-13-19(27)25-15-6-4-5-14(11-15)20(22,23)24/h4-8,11-12H,1-3,9-10,13H2,(H,25,27). The third-order valence-electron chi connectivity index (χ3n) is 4.69. The Morgan fingerprint density at radius 2 is 1.81 bits per heavy atom. The molecule has 0 unspecified atom stereocenters. The predicted molar refractivity (Wildman–Crippen MR) is 110 cm³/mol. The zero-order valence-electron chi connectivity index (χ0n) is 16.3. The molecule has 0 saturated carbocycles. The van der Waals surface area contributed by atoms with Gasteiger partial charge in [-0.15, -0.1) is 0 Å². The van der Waals surface area contributed by atoms with E-state index >= 15 is 0 Å². The minimum Gasteiger partial charge on any atom is -0.482 e. The van der Waals surface area contributed by atoms with Crippen LogP contribution in [0.25, 0.3) is 0 Å². The Morgan fingerprint density at radius 3 is 2.45 bits per heavy atom. The molecule has 2 aromatic carbocycles. The number of benzene rings is 2. The van der Waals surface area contributed by atoms with Gasteiger partial charge < -0.3 is 10.1 Å². The van der Waals surface area contributed by atoms with Gasteiger partial charge in [-0.25, -0.2) is 8.42 Å². The first-order chi connectivity index (χ1) is 14.6. The van der Waals surface area contributed by atoms with Crippen molar-refractivity contribution in [3.8, 4) is 5.75 Å². The Bertz CT molecular complexity index is 1050. The van der Waals surface area contributed by atoms with Gasteiger partial charge in [0, 0.05) is 18.8 Å². The summed E-state index contributed by atoms with van der Waals surface area (Å²) in [6, 6.07) is 8.15. The van der Waals surface area contributed by atoms with E-state index in [4.69, 9.17) is 16.3 Å². The van der Waals surface area contributed by atoms with Crippen molar-refractivity contribution in [2.24, 2.45) is 0 Å². The van der Waals surface area contributed by atoms with Gasteiger partial charge in [0.15, 0.2) is 6.61 Å². The number of anilines is 1. The van der Waals surface area contributed by atoms with Gasteiger partial charge in [-0.05, 0) is 49.2 Å². The molecule has 0 atom stereocenters. The van der Waals surface area contributed by atoms with Crippen LogP contribution in [-0.4, -0.2) is 38.3 Å². The second-order valence-electron chi connectivity index (χ2n) is 6.97. The maximum Gasteiger partial charge on any atom is 0.416 e. The largest absolute Gasteiger partial charge is 0.482 e. The summed E-state index contributed by atoms with van der Waals surface area (Å²) in [6.45, 7) is 0.385. The summed E-state index contributed by atoms with van der Waals surface area (Å²) in [5, 5.41) is 2.32. The third-order valence-corrected chi connectivity index (χ3v) is 6.88. The van der Waals surface area contributed by atoms with Crippen molar-refractivity contribution in [3.05, 3.63) is 53.1 Å². The van der Waals surface area contributed by atoms with E-state index in [1.165, 1.54) is 34.6 Å². The predicted octanol–water partition coefficient (Wildman–Crippen LogP) is 4.55. The van der Waals surface area contributed by atoms with Crippen molar-refractivity contribution in [2.45, 2.75) is 30.3 Å². The van der Waals surface area contributed by atoms with Gasteiger partial charge in [0.1, 0.15) is 5.75 Å². The molecule has 1 saturated heterocycles. The van der Waals surface area contributed by atoms with Crippen LogP contribution in [0.2, 0.25) is 5.02 Å². The number of piperidine rings is 1. The van der Waals surface area contributed by atoms with E-state index < -0.39 is 34.3 Å². The van der Waals surface area contributed by atoms with Crippen LogP contribution in [-0.2, 0) is 21.0 Å². The summed E-state index contributed by atoms with van der Waals surface area (Å²) in [6.07, 6.45) is -1.94. The van der Waals surface area contributed by atoms with Crippen LogP contribution in [0, 0.1) is 0 Å². The average Bonchev–Trinajstić information content (AvgIpc) is 2.73. The monoisotopic (exact) mass is 476 g/mol. The van der Waals surface area contributed by atoms with E-state index in [1.54, 1.807) is 0 Å². The number of amides is 1. The van der Waals surface area contributed by atoms with Crippen LogP contribution < -0.4 is 10.1 Å². The Morgan fingerprint density at radius 1 is 1.10 bits per heavy atom. The van der Waals surface area contributed by atoms with Gasteiger partial charge in [-0.2, -0.15) is 17.5 Å². The van der Waals surface area contributed by atoms with E-state index in [1.807, 2.05) is 0 Å². The summed E-state index contributed by atoms with van der Waals surface area (Å²) in [7, 11) is -3.67. The molecule has 0 radical (unpaired) electrons. The molecule has 1 fully saturated rings. The van der Waals surface area contributed by atoms with Crippen molar-refractivity contribution in [1.82, 2.24) is 4.31 Å². The van der Waals surface area contributed by atoms with E-state index in [2.05, 4.69) is 5.32 Å². The van der Waals surface area contributed by atoms with Gasteiger partial charge in [0.25, 0.3) is 5.91 Å². The average molecular weight is 477 g/mol. The van der Waals surface area contributed by atoms with Crippen molar-refractivity contribution >= 4 is 33.2 Å². The van der Waals surface area contributed by atoms with Crippen molar-refractivity contribution in [2.75, 3.05) is 25.0 Å². The summed E-state index contributed by atoms with van der Waals surface area (Å²) < 4.78 is 70.4. The number of carbonyl (C=O) groups excluding carboxylic acids is 1. The highest BCUT2D eigenvalue weighted by Gasteiger charge is 2.30. The summed E-state index contributed by atoms with van der Waals surface area (Å²) >= 11 is 6.12. The normalized spacial score (nSPS) is 15.5. The molecule has 31 heavy (non-hydrogen) atoms. The van der Waals surface area contributed by atoms with Crippen LogP contribution >= 0.6 is 11.6 Å². The Labute approximate surface area is 183 Å². The van der Waals surface area contributed by atoms with Gasteiger partial charge in [0.2, 0.25) is 10.0 Å². The Balaban J connectivity index is 1.62. The third kappa shape index (κ3) is 5.90. The van der Waals surface area contributed by atoms with Gasteiger partial charge >= 0.3 is 6.18 Å². The molecule has 11 heteroatoms. The molecular formula is C20H20ClF3N2O4S. The topological polar surface area (TPSA) is 75.7 Å². The van der Waals surface area contributed by atoms with Crippen LogP contribution in [0.1, 0.15) is 24.8 Å². The lowest BCUT2D eigenvalue weighted by atomic mass is 10.2. The minimum atomic E-state index is -4.53. The summed E-state index contributed by atoms with van der Waals surface area (Å²) in [4.78, 5) is 12.1. The van der Waals surface area contributed by atoms with E-state index in [-0.39, 0.29) is 21.4 Å². The number of hydrogen-bond donors (Lipinski definition) is 1. The maximum absolute atomic E-state index is 12.8. The number of carbonyl (C=O) groups is 1. The minimum absolute atomic E-state index is 0.00459. The molecule has 2 aromatic rings. The number of ether oxygens (including phenoxy) is 1. The maximum atomic E-state index is 12.8. The molecular weight excluding hydrogens is 457 g/mol. The lowest BCUT2D eigenvalue weighted by Gasteiger charge is -2.26. The quantitative estimate of drug-likeness (QED) is 0.663. The molecule has 168 valence electrons. The molecule has 0 aliphatic carbocycles. The first kappa shape index (κ1) is 23.4. The van der Waals surface area contributed by atoms with Crippen molar-refractivity contribution < 1.29 is 31.1 Å². The molecule has 0 spiro atoms. The summed E-state index contributed by atoms with van der Waals surface area (Å²) in [5.74, 6) is -0.612. The van der Waals surface area contributed by atoms with Gasteiger partial charge in [-0.3, -0.25) is 4.79 Å². The molecule has 3 rings (SSSR count). The van der Waals surface area contributed by atoms with Gasteiger partial charge in [0.05, 0.1) is 15.5 Å². The van der Waals surface area contributed by atoms with Gasteiger partial charge in [-0.1, -0.05) is 24.1 Å². The Hall–Kier alpha value is -2.30. The molecule has 0 aromatic heterocycles. The second kappa shape index (κ2) is 9.46. The lowest BCUT2D eigenvalue weighted by molar-refractivity contribution is -0.137. The number of sulfonamides is 1. The molecule has 1 amide bonds. The fourth-order valence-corrected chi connectivity index (χ4v) is 4.97. The molecule has 1 aliphatic heterocycles. The highest BCUT2D eigenvalue weighted by molar-refractivity contribution is 7.89. The van der Waals surface area contributed by atoms with Crippen LogP contribution in [0.15, 0.2) is 47.4 Å². The zero-order valence-corrected chi connectivity index (χ0v) is 17.9. The first-order valence-electron chi connectivity index (χ1n) is 9.47. The summed E-state index contributed by atoms with van der Waals surface area (Å²) in [5.41, 5.74) is -0.919. The number of halogens is 4. The van der Waals surface area contributed by atoms with Crippen molar-refractivity contribution in [3.63, 3.8) is 0 Å². The molecule has 1 aliphatic rings. The van der Waals surface area contributed by atoms with E-state index in [0.29, 0.717) is 13.1 Å². The lowest BCUT2D eigenvalue weighted by Crippen LogP contribution is -2.35.